The van der Waals surface area contributed by atoms with Crippen molar-refractivity contribution in [2.45, 2.75) is 18.9 Å². The van der Waals surface area contributed by atoms with Crippen molar-refractivity contribution in [2.75, 3.05) is 0 Å². The lowest BCUT2D eigenvalue weighted by Gasteiger charge is -2.06. The van der Waals surface area contributed by atoms with Crippen LogP contribution in [0.5, 0.6) is 0 Å². The molecule has 2 bridgehead atoms. The fourth-order valence-corrected chi connectivity index (χ4v) is 1.38. The van der Waals surface area contributed by atoms with E-state index in [9.17, 15) is 4.79 Å². The smallest absolute Gasteiger partial charge is 0.313 e. The molecule has 2 heteroatoms. The number of hydrogen-bond acceptors (Lipinski definition) is 2. The Labute approximate surface area is 53.5 Å². The van der Waals surface area contributed by atoms with E-state index in [4.69, 9.17) is 4.74 Å². The molecular weight excluding hydrogens is 116 g/mol. The van der Waals surface area contributed by atoms with E-state index in [0.29, 0.717) is 0 Å². The second kappa shape index (κ2) is 1.59. The lowest BCUT2D eigenvalue weighted by atomic mass is 9.97. The lowest BCUT2D eigenvalue weighted by molar-refractivity contribution is -0.142. The van der Waals surface area contributed by atoms with Gasteiger partial charge in [0.2, 0.25) is 0 Å². The molecular formula is C7H8O2. The largest absolute Gasteiger partial charge is 0.462 e. The first-order chi connectivity index (χ1) is 4.36. The summed E-state index contributed by atoms with van der Waals surface area (Å²) < 4.78 is 4.98. The Morgan fingerprint density at radius 3 is 3.22 bits per heavy atom. The standard InChI is InChI=1S/C7H8O2/c8-7-5-2-1-3-6(4-5)9-7/h1-2,5-6H,3-4H2/t5-,6+/m0/s1. The van der Waals surface area contributed by atoms with E-state index >= 15 is 0 Å². The van der Waals surface area contributed by atoms with E-state index in [1.54, 1.807) is 0 Å². The first kappa shape index (κ1) is 5.03. The maximum atomic E-state index is 10.8. The molecule has 2 atom stereocenters. The third-order valence-corrected chi connectivity index (χ3v) is 1.87. The first-order valence-electron chi connectivity index (χ1n) is 3.23. The second-order valence-electron chi connectivity index (χ2n) is 2.56. The molecule has 0 saturated carbocycles. The van der Waals surface area contributed by atoms with Gasteiger partial charge in [0.15, 0.2) is 0 Å². The van der Waals surface area contributed by atoms with Crippen LogP contribution in [0.4, 0.5) is 0 Å². The summed E-state index contributed by atoms with van der Waals surface area (Å²) in [5.41, 5.74) is 0. The molecule has 0 amide bonds. The number of fused-ring (bicyclic) bond motifs is 2. The van der Waals surface area contributed by atoms with Gasteiger partial charge < -0.3 is 4.74 Å². The van der Waals surface area contributed by atoms with E-state index in [0.717, 1.165) is 12.8 Å². The minimum Gasteiger partial charge on any atom is -0.462 e. The van der Waals surface area contributed by atoms with Crippen LogP contribution in [0, 0.1) is 5.92 Å². The second-order valence-corrected chi connectivity index (χ2v) is 2.56. The predicted molar refractivity (Wildman–Crippen MR) is 31.7 cm³/mol. The number of carbonyl (C=O) groups excluding carboxylic acids is 1. The molecule has 0 aromatic rings. The monoisotopic (exact) mass is 124 g/mol. The van der Waals surface area contributed by atoms with Gasteiger partial charge in [-0.3, -0.25) is 4.79 Å². The molecule has 0 aromatic carbocycles. The Kier molecular flexibility index (Phi) is 0.891. The minimum absolute atomic E-state index is 0.0336. The van der Waals surface area contributed by atoms with Gasteiger partial charge >= 0.3 is 5.97 Å². The summed E-state index contributed by atoms with van der Waals surface area (Å²) in [6.45, 7) is 0. The highest BCUT2D eigenvalue weighted by Gasteiger charge is 2.34. The molecule has 1 saturated heterocycles. The number of rotatable bonds is 0. The molecule has 1 heterocycles. The zero-order chi connectivity index (χ0) is 6.27. The minimum atomic E-state index is -0.0336. The van der Waals surface area contributed by atoms with E-state index in [-0.39, 0.29) is 18.0 Å². The fraction of sp³-hybridized carbons (Fsp3) is 0.571. The van der Waals surface area contributed by atoms with Gasteiger partial charge in [-0.25, -0.2) is 0 Å². The Balaban J connectivity index is 2.27. The van der Waals surface area contributed by atoms with Crippen LogP contribution in [0.3, 0.4) is 0 Å². The summed E-state index contributed by atoms with van der Waals surface area (Å²) in [6, 6.07) is 0. The highest BCUT2D eigenvalue weighted by molar-refractivity contribution is 5.77. The molecule has 48 valence electrons. The van der Waals surface area contributed by atoms with Crippen molar-refractivity contribution in [3.05, 3.63) is 12.2 Å². The molecule has 2 rings (SSSR count). The van der Waals surface area contributed by atoms with Crippen molar-refractivity contribution in [3.63, 3.8) is 0 Å². The maximum Gasteiger partial charge on any atom is 0.313 e. The molecule has 2 nitrogen and oxygen atoms in total. The van der Waals surface area contributed by atoms with Crippen LogP contribution in [0.1, 0.15) is 12.8 Å². The van der Waals surface area contributed by atoms with E-state index in [1.165, 1.54) is 0 Å². The fourth-order valence-electron chi connectivity index (χ4n) is 1.38. The van der Waals surface area contributed by atoms with Crippen LogP contribution in [-0.4, -0.2) is 12.1 Å². The Morgan fingerprint density at radius 2 is 2.56 bits per heavy atom. The molecule has 1 fully saturated rings. The van der Waals surface area contributed by atoms with Gasteiger partial charge in [-0.15, -0.1) is 0 Å². The predicted octanol–water partition coefficient (Wildman–Crippen LogP) is 0.878. The van der Waals surface area contributed by atoms with E-state index in [2.05, 4.69) is 0 Å². The number of esters is 1. The Bertz CT molecular complexity index is 172. The van der Waals surface area contributed by atoms with Gasteiger partial charge in [0.1, 0.15) is 6.10 Å². The molecule has 0 radical (unpaired) electrons. The van der Waals surface area contributed by atoms with Crippen LogP contribution in [0.25, 0.3) is 0 Å². The molecule has 0 unspecified atom stereocenters. The number of ether oxygens (including phenoxy) is 1. The third kappa shape index (κ3) is 0.661. The average Bonchev–Trinajstić information content (AvgIpc) is 2.09. The SMILES string of the molecule is O=C1O[C@@H]2CC=C[C@H]1C2. The molecule has 1 aliphatic heterocycles. The summed E-state index contributed by atoms with van der Waals surface area (Å²) in [6.07, 6.45) is 6.01. The summed E-state index contributed by atoms with van der Waals surface area (Å²) in [4.78, 5) is 10.8. The summed E-state index contributed by atoms with van der Waals surface area (Å²) in [5.74, 6) is 0.0532. The van der Waals surface area contributed by atoms with Crippen molar-refractivity contribution >= 4 is 5.97 Å². The third-order valence-electron chi connectivity index (χ3n) is 1.87. The van der Waals surface area contributed by atoms with Crippen molar-refractivity contribution < 1.29 is 9.53 Å². The summed E-state index contributed by atoms with van der Waals surface area (Å²) >= 11 is 0. The van der Waals surface area contributed by atoms with Crippen LogP contribution < -0.4 is 0 Å². The average molecular weight is 124 g/mol. The van der Waals surface area contributed by atoms with Gasteiger partial charge in [0.25, 0.3) is 0 Å². The molecule has 9 heavy (non-hydrogen) atoms. The van der Waals surface area contributed by atoms with E-state index in [1.807, 2.05) is 12.2 Å². The van der Waals surface area contributed by atoms with Gasteiger partial charge in [0.05, 0.1) is 5.92 Å². The Morgan fingerprint density at radius 1 is 1.67 bits per heavy atom. The zero-order valence-electron chi connectivity index (χ0n) is 5.04. The maximum absolute atomic E-state index is 10.8. The molecule has 0 spiro atoms. The molecule has 0 N–H and O–H groups in total. The quantitative estimate of drug-likeness (QED) is 0.354. The van der Waals surface area contributed by atoms with Crippen LogP contribution in [0.2, 0.25) is 0 Å². The van der Waals surface area contributed by atoms with Gasteiger partial charge in [-0.05, 0) is 0 Å². The molecule has 1 aliphatic carbocycles. The van der Waals surface area contributed by atoms with Crippen molar-refractivity contribution in [2.24, 2.45) is 5.92 Å². The highest BCUT2D eigenvalue weighted by atomic mass is 16.5. The lowest BCUT2D eigenvalue weighted by Crippen LogP contribution is -2.05. The van der Waals surface area contributed by atoms with Gasteiger partial charge in [-0.1, -0.05) is 12.2 Å². The number of carbonyl (C=O) groups is 1. The van der Waals surface area contributed by atoms with Crippen LogP contribution in [0.15, 0.2) is 12.2 Å². The van der Waals surface area contributed by atoms with Crippen LogP contribution in [-0.2, 0) is 9.53 Å². The zero-order valence-corrected chi connectivity index (χ0v) is 5.04. The summed E-state index contributed by atoms with van der Waals surface area (Å²) in [7, 11) is 0. The topological polar surface area (TPSA) is 26.3 Å². The summed E-state index contributed by atoms with van der Waals surface area (Å²) in [5, 5.41) is 0. The normalized spacial score (nSPS) is 38.9. The molecule has 0 aromatic heterocycles. The highest BCUT2D eigenvalue weighted by Crippen LogP contribution is 2.28. The van der Waals surface area contributed by atoms with Crippen LogP contribution >= 0.6 is 0 Å². The van der Waals surface area contributed by atoms with Gasteiger partial charge in [0, 0.05) is 12.8 Å². The number of hydrogen-bond donors (Lipinski definition) is 0. The van der Waals surface area contributed by atoms with E-state index < -0.39 is 0 Å². The van der Waals surface area contributed by atoms with Crippen molar-refractivity contribution in [3.8, 4) is 0 Å². The molecule has 2 aliphatic rings. The first-order valence-corrected chi connectivity index (χ1v) is 3.23. The van der Waals surface area contributed by atoms with Crippen molar-refractivity contribution in [1.29, 1.82) is 0 Å². The van der Waals surface area contributed by atoms with Crippen molar-refractivity contribution in [1.82, 2.24) is 0 Å². The van der Waals surface area contributed by atoms with Gasteiger partial charge in [-0.2, -0.15) is 0 Å². The Hall–Kier alpha value is -0.790.